The average Bonchev–Trinajstić information content (AvgIpc) is 3.50. The Bertz CT molecular complexity index is 2580. The van der Waals surface area contributed by atoms with Gasteiger partial charge in [0.1, 0.15) is 23.0 Å². The van der Waals surface area contributed by atoms with E-state index in [9.17, 15) is 0 Å². The quantitative estimate of drug-likeness (QED) is 0.131. The molecule has 0 radical (unpaired) electrons. The highest BCUT2D eigenvalue weighted by Gasteiger charge is 2.20. The van der Waals surface area contributed by atoms with Crippen LogP contribution in [0.2, 0.25) is 0 Å². The fraction of sp³-hybridized carbons (Fsp3) is 0.240. The second-order valence-corrected chi connectivity index (χ2v) is 16.1. The summed E-state index contributed by atoms with van der Waals surface area (Å²) in [7, 11) is 0. The molecule has 57 heavy (non-hydrogen) atoms. The van der Waals surface area contributed by atoms with Gasteiger partial charge in [-0.3, -0.25) is 14.5 Å². The van der Waals surface area contributed by atoms with Gasteiger partial charge in [-0.05, 0) is 165 Å². The second kappa shape index (κ2) is 15.7. The SMILES string of the molecule is Cc1ccnc(-c2cc(C)c(CC(C)C)c(Oc3ccc4c5ccc(Oc6cc(-c7cc(C)ccn7)cc(C)c6CC(C)C)cc5n(-c5ncccn5)c4c3)c2)c1. The zero-order chi connectivity index (χ0) is 39.8. The van der Waals surface area contributed by atoms with Crippen LogP contribution < -0.4 is 9.47 Å². The van der Waals surface area contributed by atoms with E-state index in [1.807, 2.05) is 30.6 Å². The zero-order valence-corrected chi connectivity index (χ0v) is 34.1. The monoisotopic (exact) mass is 751 g/mol. The molecule has 4 aromatic carbocycles. The van der Waals surface area contributed by atoms with Gasteiger partial charge in [-0.25, -0.2) is 9.97 Å². The van der Waals surface area contributed by atoms with Crippen LogP contribution >= 0.6 is 0 Å². The van der Waals surface area contributed by atoms with Crippen molar-refractivity contribution >= 4 is 21.8 Å². The van der Waals surface area contributed by atoms with Gasteiger partial charge in [-0.2, -0.15) is 0 Å². The van der Waals surface area contributed by atoms with Crippen molar-refractivity contribution in [2.45, 2.75) is 68.2 Å². The normalized spacial score (nSPS) is 11.6. The van der Waals surface area contributed by atoms with Crippen LogP contribution in [0.25, 0.3) is 50.3 Å². The highest BCUT2D eigenvalue weighted by atomic mass is 16.5. The summed E-state index contributed by atoms with van der Waals surface area (Å²) in [5.74, 6) is 4.62. The minimum atomic E-state index is 0.456. The zero-order valence-electron chi connectivity index (χ0n) is 34.1. The fourth-order valence-corrected chi connectivity index (χ4v) is 7.76. The highest BCUT2D eigenvalue weighted by Crippen LogP contribution is 2.41. The van der Waals surface area contributed by atoms with Gasteiger partial charge in [0.05, 0.1) is 22.4 Å². The molecule has 8 rings (SSSR count). The first kappa shape index (κ1) is 37.6. The summed E-state index contributed by atoms with van der Waals surface area (Å²) in [4.78, 5) is 18.8. The Labute approximate surface area is 335 Å². The van der Waals surface area contributed by atoms with Crippen molar-refractivity contribution in [3.8, 4) is 51.5 Å². The number of hydrogen-bond acceptors (Lipinski definition) is 6. The number of benzene rings is 4. The Morgan fingerprint density at radius 3 is 1.39 bits per heavy atom. The van der Waals surface area contributed by atoms with Crippen LogP contribution in [0, 0.1) is 39.5 Å². The van der Waals surface area contributed by atoms with Crippen LogP contribution in [0.3, 0.4) is 0 Å². The Morgan fingerprint density at radius 2 is 0.965 bits per heavy atom. The summed E-state index contributed by atoms with van der Waals surface area (Å²) in [6.07, 6.45) is 9.08. The predicted octanol–water partition coefficient (Wildman–Crippen LogP) is 12.9. The van der Waals surface area contributed by atoms with E-state index in [1.165, 1.54) is 33.4 Å². The first-order valence-corrected chi connectivity index (χ1v) is 19.8. The molecule has 7 heteroatoms. The first-order chi connectivity index (χ1) is 27.5. The van der Waals surface area contributed by atoms with E-state index in [4.69, 9.17) is 29.4 Å². The van der Waals surface area contributed by atoms with Gasteiger partial charge in [-0.15, -0.1) is 0 Å². The van der Waals surface area contributed by atoms with Gasteiger partial charge in [0.25, 0.3) is 0 Å². The lowest BCUT2D eigenvalue weighted by atomic mass is 9.94. The molecule has 8 aromatic rings. The second-order valence-electron chi connectivity index (χ2n) is 16.1. The molecule has 286 valence electrons. The molecular weight excluding hydrogens is 703 g/mol. The van der Waals surface area contributed by atoms with Crippen LogP contribution in [0.15, 0.2) is 116 Å². The molecule has 0 bridgehead atoms. The molecule has 0 spiro atoms. The van der Waals surface area contributed by atoms with Gasteiger partial charge in [-0.1, -0.05) is 27.7 Å². The number of aromatic nitrogens is 5. The Balaban J connectivity index is 1.24. The van der Waals surface area contributed by atoms with Gasteiger partial charge < -0.3 is 9.47 Å². The van der Waals surface area contributed by atoms with E-state index in [0.29, 0.717) is 17.8 Å². The van der Waals surface area contributed by atoms with Crippen molar-refractivity contribution < 1.29 is 9.47 Å². The van der Waals surface area contributed by atoms with Crippen molar-refractivity contribution in [1.29, 1.82) is 0 Å². The fourth-order valence-electron chi connectivity index (χ4n) is 7.76. The minimum Gasteiger partial charge on any atom is -0.457 e. The maximum absolute atomic E-state index is 6.88. The summed E-state index contributed by atoms with van der Waals surface area (Å²) < 4.78 is 15.9. The molecule has 0 unspecified atom stereocenters. The molecule has 7 nitrogen and oxygen atoms in total. The molecule has 0 aliphatic heterocycles. The first-order valence-electron chi connectivity index (χ1n) is 19.8. The molecule has 0 aliphatic carbocycles. The molecular formula is C50H49N5O2. The average molecular weight is 752 g/mol. The van der Waals surface area contributed by atoms with Gasteiger partial charge in [0.15, 0.2) is 0 Å². The van der Waals surface area contributed by atoms with Gasteiger partial charge in [0, 0.05) is 58.8 Å². The van der Waals surface area contributed by atoms with Gasteiger partial charge in [0.2, 0.25) is 5.95 Å². The smallest absolute Gasteiger partial charge is 0.234 e. The number of rotatable bonds is 11. The van der Waals surface area contributed by atoms with Crippen molar-refractivity contribution in [1.82, 2.24) is 24.5 Å². The summed E-state index contributed by atoms with van der Waals surface area (Å²) in [5.41, 5.74) is 12.9. The molecule has 4 aromatic heterocycles. The third kappa shape index (κ3) is 7.88. The number of ether oxygens (including phenoxy) is 2. The summed E-state index contributed by atoms with van der Waals surface area (Å²) in [6.45, 7) is 17.5. The number of hydrogen-bond donors (Lipinski definition) is 0. The molecule has 4 heterocycles. The van der Waals surface area contributed by atoms with E-state index in [2.05, 4.69) is 133 Å². The van der Waals surface area contributed by atoms with E-state index < -0.39 is 0 Å². The van der Waals surface area contributed by atoms with Crippen molar-refractivity contribution in [2.24, 2.45) is 11.8 Å². The van der Waals surface area contributed by atoms with Crippen molar-refractivity contribution in [3.05, 3.63) is 149 Å². The van der Waals surface area contributed by atoms with Crippen LogP contribution in [-0.2, 0) is 12.8 Å². The van der Waals surface area contributed by atoms with E-state index in [-0.39, 0.29) is 0 Å². The van der Waals surface area contributed by atoms with Crippen molar-refractivity contribution in [3.63, 3.8) is 0 Å². The molecule has 0 fully saturated rings. The Hall–Kier alpha value is -6.34. The lowest BCUT2D eigenvalue weighted by molar-refractivity contribution is 0.470. The summed E-state index contributed by atoms with van der Waals surface area (Å²) in [6, 6.07) is 31.4. The Kier molecular flexibility index (Phi) is 10.3. The van der Waals surface area contributed by atoms with E-state index in [0.717, 1.165) is 80.2 Å². The summed E-state index contributed by atoms with van der Waals surface area (Å²) in [5, 5.41) is 2.13. The maximum Gasteiger partial charge on any atom is 0.234 e. The molecule has 0 N–H and O–H groups in total. The topological polar surface area (TPSA) is 75.0 Å². The maximum atomic E-state index is 6.88. The molecule has 0 aliphatic rings. The standard InChI is InChI=1S/C50H49N5O2/c1-30(2)20-42-34(7)24-36(44-22-32(5)14-18-51-44)26-48(42)56-38-10-12-40-41-13-11-39(29-47(41)55(46(40)28-38)50-53-16-9-17-54-50)57-49-27-37(45-23-33(6)15-19-52-45)25-35(8)43(49)21-31(3)4/h9-19,22-31H,20-21H2,1-8H3. The number of aryl methyl sites for hydroxylation is 4. The van der Waals surface area contributed by atoms with Crippen LogP contribution in [-0.4, -0.2) is 24.5 Å². The van der Waals surface area contributed by atoms with E-state index in [1.54, 1.807) is 12.4 Å². The molecule has 0 amide bonds. The number of fused-ring (bicyclic) bond motifs is 3. The number of pyridine rings is 2. The predicted molar refractivity (Wildman–Crippen MR) is 232 cm³/mol. The molecule has 0 saturated heterocycles. The van der Waals surface area contributed by atoms with Crippen LogP contribution in [0.5, 0.6) is 23.0 Å². The lowest BCUT2D eigenvalue weighted by Gasteiger charge is -2.18. The number of nitrogens with zero attached hydrogens (tertiary/aromatic N) is 5. The molecule has 0 atom stereocenters. The van der Waals surface area contributed by atoms with Crippen LogP contribution in [0.4, 0.5) is 0 Å². The third-order valence-electron chi connectivity index (χ3n) is 10.4. The largest absolute Gasteiger partial charge is 0.457 e. The van der Waals surface area contributed by atoms with Crippen LogP contribution in [0.1, 0.15) is 61.1 Å². The Morgan fingerprint density at radius 1 is 0.509 bits per heavy atom. The van der Waals surface area contributed by atoms with Gasteiger partial charge >= 0.3 is 0 Å². The minimum absolute atomic E-state index is 0.456. The highest BCUT2D eigenvalue weighted by molar-refractivity contribution is 6.09. The summed E-state index contributed by atoms with van der Waals surface area (Å²) >= 11 is 0. The molecule has 0 saturated carbocycles. The lowest BCUT2D eigenvalue weighted by Crippen LogP contribution is -2.02. The third-order valence-corrected chi connectivity index (χ3v) is 10.4. The van der Waals surface area contributed by atoms with E-state index >= 15 is 0 Å². The van der Waals surface area contributed by atoms with Crippen molar-refractivity contribution in [2.75, 3.05) is 0 Å².